The van der Waals surface area contributed by atoms with Crippen LogP contribution in [0.2, 0.25) is 0 Å². The van der Waals surface area contributed by atoms with Crippen molar-refractivity contribution in [2.24, 2.45) is 10.3 Å². The van der Waals surface area contributed by atoms with Crippen LogP contribution in [0.3, 0.4) is 0 Å². The SMILES string of the molecule is CCc1ccc(N2C(=O)[C@@H]3[C@@H](N=NN3Cc3cc(C)ccc3C)C2=O)cc1. The normalized spacial score (nSPS) is 21.3. The molecule has 0 N–H and O–H groups in total. The molecule has 0 bridgehead atoms. The van der Waals surface area contributed by atoms with Crippen LogP contribution in [0, 0.1) is 13.8 Å². The standard InChI is InChI=1S/C21H22N4O2/c1-4-15-7-9-17(10-8-15)25-20(26)18-19(21(25)27)24(23-22-18)12-16-11-13(2)5-6-14(16)3/h5-11,18-19H,4,12H2,1-3H3/t18-,19+/m1/s1. The van der Waals surface area contributed by atoms with Gasteiger partial charge < -0.3 is 0 Å². The van der Waals surface area contributed by atoms with Crippen molar-refractivity contribution in [3.63, 3.8) is 0 Å². The molecule has 2 aromatic carbocycles. The number of hydrogen-bond donors (Lipinski definition) is 0. The van der Waals surface area contributed by atoms with E-state index in [-0.39, 0.29) is 11.8 Å². The fourth-order valence-electron chi connectivity index (χ4n) is 3.63. The fourth-order valence-corrected chi connectivity index (χ4v) is 3.63. The lowest BCUT2D eigenvalue weighted by Gasteiger charge is -2.21. The Morgan fingerprint density at radius 1 is 1.00 bits per heavy atom. The topological polar surface area (TPSA) is 65.3 Å². The van der Waals surface area contributed by atoms with Crippen LogP contribution in [0.25, 0.3) is 0 Å². The zero-order valence-corrected chi connectivity index (χ0v) is 15.7. The van der Waals surface area contributed by atoms with Gasteiger partial charge >= 0.3 is 0 Å². The van der Waals surface area contributed by atoms with Crippen LogP contribution >= 0.6 is 0 Å². The average Bonchev–Trinajstić information content (AvgIpc) is 3.18. The molecule has 1 saturated heterocycles. The van der Waals surface area contributed by atoms with Gasteiger partial charge in [0.1, 0.15) is 0 Å². The molecule has 2 atom stereocenters. The molecule has 4 rings (SSSR count). The van der Waals surface area contributed by atoms with E-state index in [9.17, 15) is 9.59 Å². The molecule has 2 amide bonds. The zero-order valence-electron chi connectivity index (χ0n) is 15.7. The summed E-state index contributed by atoms with van der Waals surface area (Å²) in [5.74, 6) is -0.564. The Morgan fingerprint density at radius 3 is 2.44 bits per heavy atom. The maximum atomic E-state index is 13.0. The van der Waals surface area contributed by atoms with Gasteiger partial charge in [-0.05, 0) is 49.1 Å². The van der Waals surface area contributed by atoms with Gasteiger partial charge in [-0.2, -0.15) is 5.11 Å². The van der Waals surface area contributed by atoms with Gasteiger partial charge in [-0.25, -0.2) is 4.90 Å². The number of nitrogens with zero attached hydrogens (tertiary/aromatic N) is 4. The van der Waals surface area contributed by atoms with Crippen LogP contribution in [0.1, 0.15) is 29.2 Å². The highest BCUT2D eigenvalue weighted by molar-refractivity contribution is 6.25. The lowest BCUT2D eigenvalue weighted by Crippen LogP contribution is -2.39. The Labute approximate surface area is 158 Å². The van der Waals surface area contributed by atoms with Crippen molar-refractivity contribution in [2.75, 3.05) is 4.90 Å². The zero-order chi connectivity index (χ0) is 19.1. The summed E-state index contributed by atoms with van der Waals surface area (Å²) in [5, 5.41) is 9.89. The molecular formula is C21H22N4O2. The number of rotatable bonds is 4. The Hall–Kier alpha value is -3.02. The van der Waals surface area contributed by atoms with E-state index in [0.29, 0.717) is 12.2 Å². The second-order valence-electron chi connectivity index (χ2n) is 7.15. The molecule has 0 aromatic heterocycles. The van der Waals surface area contributed by atoms with Crippen molar-refractivity contribution in [3.05, 3.63) is 64.7 Å². The Bertz CT molecular complexity index is 936. The lowest BCUT2D eigenvalue weighted by atomic mass is 10.0. The minimum atomic E-state index is -0.756. The molecule has 0 saturated carbocycles. The fraction of sp³-hybridized carbons (Fsp3) is 0.333. The van der Waals surface area contributed by atoms with Crippen LogP contribution in [0.15, 0.2) is 52.8 Å². The van der Waals surface area contributed by atoms with E-state index >= 15 is 0 Å². The first kappa shape index (κ1) is 17.4. The number of amides is 2. The molecule has 0 spiro atoms. The van der Waals surface area contributed by atoms with Crippen molar-refractivity contribution < 1.29 is 9.59 Å². The molecule has 6 nitrogen and oxygen atoms in total. The number of benzene rings is 2. The van der Waals surface area contributed by atoms with Gasteiger partial charge in [0.05, 0.1) is 12.2 Å². The van der Waals surface area contributed by atoms with E-state index in [4.69, 9.17) is 0 Å². The Balaban J connectivity index is 1.60. The third-order valence-corrected chi connectivity index (χ3v) is 5.30. The minimum Gasteiger partial charge on any atom is -0.271 e. The van der Waals surface area contributed by atoms with Gasteiger partial charge in [-0.3, -0.25) is 14.6 Å². The molecule has 2 aliphatic rings. The van der Waals surface area contributed by atoms with Crippen molar-refractivity contribution in [3.8, 4) is 0 Å². The second-order valence-corrected chi connectivity index (χ2v) is 7.15. The summed E-state index contributed by atoms with van der Waals surface area (Å²) in [5.41, 5.74) is 5.12. The molecule has 2 aromatic rings. The highest BCUT2D eigenvalue weighted by atomic mass is 16.2. The summed E-state index contributed by atoms with van der Waals surface area (Å²) in [6.45, 7) is 6.59. The summed E-state index contributed by atoms with van der Waals surface area (Å²) < 4.78 is 0. The molecule has 6 heteroatoms. The maximum Gasteiger partial charge on any atom is 0.263 e. The molecule has 0 aliphatic carbocycles. The quantitative estimate of drug-likeness (QED) is 0.784. The highest BCUT2D eigenvalue weighted by Crippen LogP contribution is 2.33. The first-order valence-corrected chi connectivity index (χ1v) is 9.20. The van der Waals surface area contributed by atoms with Crippen LogP contribution in [-0.2, 0) is 22.6 Å². The molecule has 27 heavy (non-hydrogen) atoms. The molecule has 2 heterocycles. The molecular weight excluding hydrogens is 340 g/mol. The number of anilines is 1. The van der Waals surface area contributed by atoms with Gasteiger partial charge in [0, 0.05) is 0 Å². The Kier molecular flexibility index (Phi) is 4.26. The number of aryl methyl sites for hydroxylation is 3. The van der Waals surface area contributed by atoms with Gasteiger partial charge in [0.15, 0.2) is 12.1 Å². The summed E-state index contributed by atoms with van der Waals surface area (Å²) in [4.78, 5) is 27.1. The number of carbonyl (C=O) groups is 2. The van der Waals surface area contributed by atoms with Gasteiger partial charge in [0.25, 0.3) is 11.8 Å². The summed E-state index contributed by atoms with van der Waals surface area (Å²) in [6.07, 6.45) is 0.908. The van der Waals surface area contributed by atoms with Crippen LogP contribution in [0.4, 0.5) is 5.69 Å². The van der Waals surface area contributed by atoms with Crippen LogP contribution in [0.5, 0.6) is 0 Å². The summed E-state index contributed by atoms with van der Waals surface area (Å²) in [6, 6.07) is 12.3. The van der Waals surface area contributed by atoms with Crippen molar-refractivity contribution in [1.82, 2.24) is 5.01 Å². The number of carbonyl (C=O) groups excluding carboxylic acids is 2. The van der Waals surface area contributed by atoms with Crippen LogP contribution < -0.4 is 4.90 Å². The highest BCUT2D eigenvalue weighted by Gasteiger charge is 2.54. The first-order chi connectivity index (χ1) is 13.0. The summed E-state index contributed by atoms with van der Waals surface area (Å²) >= 11 is 0. The Morgan fingerprint density at radius 2 is 1.74 bits per heavy atom. The predicted octanol–water partition coefficient (Wildman–Crippen LogP) is 3.36. The van der Waals surface area contributed by atoms with E-state index in [1.165, 1.54) is 4.90 Å². The van der Waals surface area contributed by atoms with Gasteiger partial charge in [-0.15, -0.1) is 0 Å². The largest absolute Gasteiger partial charge is 0.271 e. The average molecular weight is 362 g/mol. The number of imide groups is 1. The van der Waals surface area contributed by atoms with E-state index in [2.05, 4.69) is 35.5 Å². The third kappa shape index (κ3) is 2.91. The van der Waals surface area contributed by atoms with E-state index < -0.39 is 12.1 Å². The molecule has 0 unspecified atom stereocenters. The minimum absolute atomic E-state index is 0.260. The molecule has 0 radical (unpaired) electrons. The summed E-state index contributed by atoms with van der Waals surface area (Å²) in [7, 11) is 0. The van der Waals surface area contributed by atoms with Gasteiger partial charge in [0.2, 0.25) is 0 Å². The predicted molar refractivity (Wildman–Crippen MR) is 102 cm³/mol. The van der Waals surface area contributed by atoms with E-state index in [0.717, 1.165) is 28.7 Å². The molecule has 138 valence electrons. The van der Waals surface area contributed by atoms with E-state index in [1.807, 2.05) is 38.1 Å². The molecule has 1 fully saturated rings. The number of fused-ring (bicyclic) bond motifs is 1. The lowest BCUT2D eigenvalue weighted by molar-refractivity contribution is -0.123. The van der Waals surface area contributed by atoms with Gasteiger partial charge in [-0.1, -0.05) is 48.0 Å². The third-order valence-electron chi connectivity index (χ3n) is 5.30. The van der Waals surface area contributed by atoms with Crippen molar-refractivity contribution >= 4 is 17.5 Å². The van der Waals surface area contributed by atoms with Crippen LogP contribution in [-0.4, -0.2) is 28.9 Å². The number of hydrogen-bond acceptors (Lipinski definition) is 5. The maximum absolute atomic E-state index is 13.0. The second kappa shape index (κ2) is 6.61. The monoisotopic (exact) mass is 362 g/mol. The van der Waals surface area contributed by atoms with Crippen molar-refractivity contribution in [2.45, 2.75) is 45.8 Å². The smallest absolute Gasteiger partial charge is 0.263 e. The van der Waals surface area contributed by atoms with E-state index in [1.54, 1.807) is 5.01 Å². The first-order valence-electron chi connectivity index (χ1n) is 9.20. The van der Waals surface area contributed by atoms with Crippen molar-refractivity contribution in [1.29, 1.82) is 0 Å². The molecule has 2 aliphatic heterocycles.